The first-order valence-corrected chi connectivity index (χ1v) is 13.1. The molecule has 9 N–H and O–H groups in total. The van der Waals surface area contributed by atoms with Crippen molar-refractivity contribution in [3.8, 4) is 0 Å². The van der Waals surface area contributed by atoms with Crippen LogP contribution in [0.15, 0.2) is 48.5 Å². The second kappa shape index (κ2) is 21.2. The van der Waals surface area contributed by atoms with Crippen LogP contribution in [0.4, 0.5) is 26.7 Å². The van der Waals surface area contributed by atoms with Crippen molar-refractivity contribution in [2.24, 2.45) is 0 Å². The van der Waals surface area contributed by atoms with Gasteiger partial charge in [0, 0.05) is 23.5 Å². The molecular weight excluding hydrogens is 574 g/mol. The molecule has 0 heterocycles. The van der Waals surface area contributed by atoms with Crippen LogP contribution < -0.4 is 27.8 Å². The van der Waals surface area contributed by atoms with E-state index in [0.717, 1.165) is 16.9 Å². The SMILES string of the molecule is C.CC(C)(C)OC(=O)NCOCC(=O)Cc1ccc(N)cc1.CC(C)(C)OC(=O)NCOCC(=O)O.Nc1ccc(N)cc1. The number of hydrogen-bond donors (Lipinski definition) is 6. The Hall–Kier alpha value is -4.56. The Bertz CT molecular complexity index is 1110. The minimum atomic E-state index is -1.09. The van der Waals surface area contributed by atoms with E-state index < -0.39 is 36.0 Å². The molecule has 0 saturated heterocycles. The molecular formula is C30H49N5O9. The topological polar surface area (TPSA) is 228 Å². The van der Waals surface area contributed by atoms with E-state index in [0.29, 0.717) is 5.69 Å². The van der Waals surface area contributed by atoms with E-state index in [-0.39, 0.29) is 39.7 Å². The van der Waals surface area contributed by atoms with Gasteiger partial charge in [0.05, 0.1) is 0 Å². The van der Waals surface area contributed by atoms with Gasteiger partial charge in [0.1, 0.15) is 37.9 Å². The van der Waals surface area contributed by atoms with Crippen molar-refractivity contribution in [2.45, 2.75) is 66.6 Å². The van der Waals surface area contributed by atoms with Crippen LogP contribution in [0.25, 0.3) is 0 Å². The number of ether oxygens (including phenoxy) is 4. The first-order valence-electron chi connectivity index (χ1n) is 13.1. The van der Waals surface area contributed by atoms with Crippen molar-refractivity contribution >= 4 is 41.0 Å². The van der Waals surface area contributed by atoms with E-state index in [2.05, 4.69) is 15.4 Å². The van der Waals surface area contributed by atoms with Crippen molar-refractivity contribution in [1.29, 1.82) is 0 Å². The number of hydrogen-bond acceptors (Lipinski definition) is 11. The molecule has 2 rings (SSSR count). The van der Waals surface area contributed by atoms with Gasteiger partial charge in [0.25, 0.3) is 0 Å². The summed E-state index contributed by atoms with van der Waals surface area (Å²) in [6.45, 7) is 9.72. The van der Waals surface area contributed by atoms with Gasteiger partial charge < -0.3 is 41.3 Å². The molecule has 0 aliphatic rings. The minimum absolute atomic E-state index is 0. The average molecular weight is 624 g/mol. The lowest BCUT2D eigenvalue weighted by Gasteiger charge is -2.19. The molecule has 248 valence electrons. The van der Waals surface area contributed by atoms with Crippen LogP contribution in [0, 0.1) is 0 Å². The highest BCUT2D eigenvalue weighted by Gasteiger charge is 2.16. The monoisotopic (exact) mass is 623 g/mol. The van der Waals surface area contributed by atoms with E-state index in [1.165, 1.54) is 0 Å². The molecule has 0 radical (unpaired) electrons. The highest BCUT2D eigenvalue weighted by Crippen LogP contribution is 2.08. The molecule has 0 atom stereocenters. The second-order valence-corrected chi connectivity index (χ2v) is 10.9. The van der Waals surface area contributed by atoms with Crippen LogP contribution >= 0.6 is 0 Å². The number of rotatable bonds is 10. The fraction of sp³-hybridized carbons (Fsp3) is 0.467. The van der Waals surface area contributed by atoms with Crippen molar-refractivity contribution in [3.63, 3.8) is 0 Å². The number of alkyl carbamates (subject to hydrolysis) is 2. The third-order valence-electron chi connectivity index (χ3n) is 4.24. The first kappa shape index (κ1) is 41.6. The van der Waals surface area contributed by atoms with Crippen molar-refractivity contribution in [3.05, 3.63) is 54.1 Å². The molecule has 2 aromatic carbocycles. The van der Waals surface area contributed by atoms with Crippen molar-refractivity contribution in [1.82, 2.24) is 10.6 Å². The standard InChI is InChI=1S/C15H22N2O4.C8H15NO5.C6H8N2.CH4/c1-15(2,3)21-14(19)17-10-20-9-13(18)8-11-4-6-12(16)7-5-11;1-8(2,3)14-7(12)9-5-13-4-6(10)11;7-5-1-2-6(8)4-3-5;/h4-7H,8-10,16H2,1-3H3,(H,17,19);4-5H2,1-3H3,(H,9,12)(H,10,11);1-4H,7-8H2;1H4. The maximum Gasteiger partial charge on any atom is 0.409 e. The molecule has 14 nitrogen and oxygen atoms in total. The lowest BCUT2D eigenvalue weighted by Crippen LogP contribution is -2.34. The van der Waals surface area contributed by atoms with Gasteiger partial charge in [-0.15, -0.1) is 0 Å². The maximum absolute atomic E-state index is 11.7. The number of carboxylic acid groups (broad SMARTS) is 1. The molecule has 0 saturated carbocycles. The first-order chi connectivity index (χ1) is 19.9. The van der Waals surface area contributed by atoms with Crippen LogP contribution in [0.1, 0.15) is 54.5 Å². The number of nitrogen functional groups attached to an aromatic ring is 3. The Kier molecular flexibility index (Phi) is 20.0. The number of anilines is 3. The van der Waals surface area contributed by atoms with E-state index in [1.807, 2.05) is 0 Å². The zero-order valence-corrected chi connectivity index (χ0v) is 25.6. The highest BCUT2D eigenvalue weighted by atomic mass is 16.6. The largest absolute Gasteiger partial charge is 0.480 e. The van der Waals surface area contributed by atoms with Gasteiger partial charge in [-0.05, 0) is 83.5 Å². The summed E-state index contributed by atoms with van der Waals surface area (Å²) in [6.07, 6.45) is -0.941. The van der Waals surface area contributed by atoms with Gasteiger partial charge in [-0.2, -0.15) is 0 Å². The third kappa shape index (κ3) is 26.3. The maximum atomic E-state index is 11.7. The highest BCUT2D eigenvalue weighted by molar-refractivity contribution is 5.82. The number of benzene rings is 2. The van der Waals surface area contributed by atoms with Crippen LogP contribution in [0.5, 0.6) is 0 Å². The molecule has 14 heteroatoms. The molecule has 0 bridgehead atoms. The quantitative estimate of drug-likeness (QED) is 0.126. The van der Waals surface area contributed by atoms with Crippen LogP contribution in [-0.4, -0.2) is 66.9 Å². The predicted octanol–water partition coefficient (Wildman–Crippen LogP) is 3.94. The van der Waals surface area contributed by atoms with E-state index in [1.54, 1.807) is 90.1 Å². The number of aliphatic carboxylic acids is 1. The molecule has 0 aliphatic heterocycles. The summed E-state index contributed by atoms with van der Waals surface area (Å²) in [5, 5.41) is 12.9. The normalized spacial score (nSPS) is 10.3. The number of carbonyl (C=O) groups is 4. The molecule has 44 heavy (non-hydrogen) atoms. The zero-order valence-electron chi connectivity index (χ0n) is 25.6. The number of carboxylic acids is 1. The van der Waals surface area contributed by atoms with E-state index >= 15 is 0 Å². The fourth-order valence-electron chi connectivity index (χ4n) is 2.56. The van der Waals surface area contributed by atoms with Gasteiger partial charge in [0.2, 0.25) is 0 Å². The molecule has 0 spiro atoms. The number of ketones is 1. The third-order valence-corrected chi connectivity index (χ3v) is 4.24. The van der Waals surface area contributed by atoms with E-state index in [4.69, 9.17) is 36.5 Å². The number of Topliss-reactive ketones (excluding diaryl/α,β-unsaturated/α-hetero) is 1. The van der Waals surface area contributed by atoms with Crippen LogP contribution in [-0.2, 0) is 35.0 Å². The summed E-state index contributed by atoms with van der Waals surface area (Å²) >= 11 is 0. The molecule has 2 aromatic rings. The Morgan fingerprint density at radius 2 is 1.00 bits per heavy atom. The number of amides is 2. The Labute approximate surface area is 259 Å². The summed E-state index contributed by atoms with van der Waals surface area (Å²) in [7, 11) is 0. The number of nitrogens with two attached hydrogens (primary N) is 3. The smallest absolute Gasteiger partial charge is 0.409 e. The summed E-state index contributed by atoms with van der Waals surface area (Å²) in [5.41, 5.74) is 18.2. The van der Waals surface area contributed by atoms with Gasteiger partial charge >= 0.3 is 18.2 Å². The van der Waals surface area contributed by atoms with Crippen LogP contribution in [0.2, 0.25) is 0 Å². The Morgan fingerprint density at radius 1 is 0.659 bits per heavy atom. The number of carbonyl (C=O) groups excluding carboxylic acids is 3. The summed E-state index contributed by atoms with van der Waals surface area (Å²) in [6, 6.07) is 14.2. The van der Waals surface area contributed by atoms with Crippen molar-refractivity contribution < 1.29 is 43.2 Å². The van der Waals surface area contributed by atoms with Gasteiger partial charge in [-0.25, -0.2) is 14.4 Å². The second-order valence-electron chi connectivity index (χ2n) is 10.9. The Morgan fingerprint density at radius 3 is 1.34 bits per heavy atom. The summed E-state index contributed by atoms with van der Waals surface area (Å²) in [4.78, 5) is 43.9. The summed E-state index contributed by atoms with van der Waals surface area (Å²) < 4.78 is 19.6. The van der Waals surface area contributed by atoms with Gasteiger partial charge in [0.15, 0.2) is 5.78 Å². The molecule has 0 aromatic heterocycles. The molecule has 0 unspecified atom stereocenters. The van der Waals surface area contributed by atoms with Gasteiger partial charge in [-0.1, -0.05) is 19.6 Å². The fourth-order valence-corrected chi connectivity index (χ4v) is 2.56. The van der Waals surface area contributed by atoms with Crippen LogP contribution in [0.3, 0.4) is 0 Å². The zero-order chi connectivity index (χ0) is 33.1. The minimum Gasteiger partial charge on any atom is -0.480 e. The lowest BCUT2D eigenvalue weighted by molar-refractivity contribution is -0.142. The number of nitrogens with one attached hydrogen (secondary N) is 2. The van der Waals surface area contributed by atoms with Gasteiger partial charge in [-0.3, -0.25) is 15.4 Å². The summed E-state index contributed by atoms with van der Waals surface area (Å²) in [5.74, 6) is -1.17. The molecule has 0 fully saturated rings. The average Bonchev–Trinajstić information content (AvgIpc) is 2.86. The molecule has 2 amide bonds. The van der Waals surface area contributed by atoms with Crippen molar-refractivity contribution in [2.75, 3.05) is 43.9 Å². The molecule has 0 aliphatic carbocycles. The Balaban J connectivity index is 0. The van der Waals surface area contributed by atoms with E-state index in [9.17, 15) is 19.2 Å². The lowest BCUT2D eigenvalue weighted by atomic mass is 10.1. The predicted molar refractivity (Wildman–Crippen MR) is 170 cm³/mol.